The van der Waals surface area contributed by atoms with Gasteiger partial charge in [-0.05, 0) is 24.3 Å². The molecule has 0 unspecified atom stereocenters. The highest BCUT2D eigenvalue weighted by atomic mass is 35.5. The van der Waals surface area contributed by atoms with Gasteiger partial charge in [-0.2, -0.15) is 0 Å². The van der Waals surface area contributed by atoms with E-state index in [1.54, 1.807) is 24.3 Å². The number of nitrogens with zero attached hydrogens (tertiary/aromatic N) is 1. The largest absolute Gasteiger partial charge is 0.478 e. The number of hydrogen-bond donors (Lipinski definition) is 1. The fourth-order valence-corrected chi connectivity index (χ4v) is 2.96. The molecule has 5 heteroatoms. The Morgan fingerprint density at radius 1 is 1.10 bits per heavy atom. The predicted octanol–water partition coefficient (Wildman–Crippen LogP) is 4.83. The summed E-state index contributed by atoms with van der Waals surface area (Å²) in [6.45, 7) is 0. The van der Waals surface area contributed by atoms with Crippen molar-refractivity contribution in [2.75, 3.05) is 0 Å². The molecule has 1 N–H and O–H groups in total. The number of carboxylic acids is 1. The third-order valence-corrected chi connectivity index (χ3v) is 4.13. The van der Waals surface area contributed by atoms with Crippen LogP contribution in [-0.2, 0) is 0 Å². The van der Waals surface area contributed by atoms with Crippen molar-refractivity contribution in [3.05, 3.63) is 64.5 Å². The molecule has 104 valence electrons. The molecule has 0 saturated carbocycles. The molecule has 0 saturated heterocycles. The van der Waals surface area contributed by atoms with Crippen LogP contribution in [0.1, 0.15) is 10.4 Å². The summed E-state index contributed by atoms with van der Waals surface area (Å²) in [5.74, 6) is -0.931. The number of carboxylic acid groups (broad SMARTS) is 1. The van der Waals surface area contributed by atoms with E-state index >= 15 is 0 Å². The van der Waals surface area contributed by atoms with E-state index in [9.17, 15) is 4.79 Å². The minimum Gasteiger partial charge on any atom is -0.478 e. The van der Waals surface area contributed by atoms with E-state index in [2.05, 4.69) is 4.98 Å². The Hall–Kier alpha value is -2.17. The molecular formula is C16H10ClNO2S. The first-order chi connectivity index (χ1) is 10.1. The van der Waals surface area contributed by atoms with Gasteiger partial charge in [-0.25, -0.2) is 9.78 Å². The van der Waals surface area contributed by atoms with E-state index in [0.717, 1.165) is 21.8 Å². The van der Waals surface area contributed by atoms with Crippen molar-refractivity contribution in [1.29, 1.82) is 0 Å². The molecule has 3 nitrogen and oxygen atoms in total. The van der Waals surface area contributed by atoms with Gasteiger partial charge in [0, 0.05) is 21.5 Å². The number of aromatic carboxylic acids is 1. The van der Waals surface area contributed by atoms with Gasteiger partial charge < -0.3 is 5.11 Å². The SMILES string of the molecule is O=C(O)c1ccc(-c2csc(-c3cccc(Cl)c3)n2)cc1. The number of thiazole rings is 1. The highest BCUT2D eigenvalue weighted by Crippen LogP contribution is 2.30. The molecule has 0 atom stereocenters. The smallest absolute Gasteiger partial charge is 0.335 e. The van der Waals surface area contributed by atoms with Crippen LogP contribution in [0.5, 0.6) is 0 Å². The zero-order valence-electron chi connectivity index (χ0n) is 10.8. The number of aromatic nitrogens is 1. The van der Waals surface area contributed by atoms with Gasteiger partial charge >= 0.3 is 5.97 Å². The first-order valence-electron chi connectivity index (χ1n) is 6.19. The molecule has 2 aromatic carbocycles. The van der Waals surface area contributed by atoms with Crippen molar-refractivity contribution < 1.29 is 9.90 Å². The molecule has 21 heavy (non-hydrogen) atoms. The van der Waals surface area contributed by atoms with Crippen molar-refractivity contribution in [3.63, 3.8) is 0 Å². The molecule has 0 aliphatic heterocycles. The van der Waals surface area contributed by atoms with E-state index in [0.29, 0.717) is 5.02 Å². The predicted molar refractivity (Wildman–Crippen MR) is 85.0 cm³/mol. The second-order valence-corrected chi connectivity index (χ2v) is 5.73. The minimum absolute atomic E-state index is 0.268. The van der Waals surface area contributed by atoms with Gasteiger partial charge in [0.1, 0.15) is 5.01 Å². The van der Waals surface area contributed by atoms with E-state index in [1.165, 1.54) is 11.3 Å². The van der Waals surface area contributed by atoms with Gasteiger partial charge in [0.2, 0.25) is 0 Å². The first kappa shape index (κ1) is 13.8. The lowest BCUT2D eigenvalue weighted by atomic mass is 10.1. The van der Waals surface area contributed by atoms with Crippen LogP contribution >= 0.6 is 22.9 Å². The number of carbonyl (C=O) groups is 1. The topological polar surface area (TPSA) is 50.2 Å². The zero-order valence-corrected chi connectivity index (χ0v) is 12.4. The van der Waals surface area contributed by atoms with Crippen LogP contribution in [0.3, 0.4) is 0 Å². The number of halogens is 1. The second-order valence-electron chi connectivity index (χ2n) is 4.43. The van der Waals surface area contributed by atoms with Gasteiger partial charge in [0.15, 0.2) is 0 Å². The quantitative estimate of drug-likeness (QED) is 0.753. The fraction of sp³-hybridized carbons (Fsp3) is 0. The zero-order chi connectivity index (χ0) is 14.8. The van der Waals surface area contributed by atoms with Gasteiger partial charge in [0.25, 0.3) is 0 Å². The van der Waals surface area contributed by atoms with Gasteiger partial charge in [-0.3, -0.25) is 0 Å². The summed E-state index contributed by atoms with van der Waals surface area (Å²) in [5, 5.41) is 12.4. The summed E-state index contributed by atoms with van der Waals surface area (Å²) < 4.78 is 0. The minimum atomic E-state index is -0.931. The van der Waals surface area contributed by atoms with Crippen molar-refractivity contribution in [3.8, 4) is 21.8 Å². The molecule has 3 rings (SSSR count). The Morgan fingerprint density at radius 3 is 2.52 bits per heavy atom. The van der Waals surface area contributed by atoms with Crippen LogP contribution in [-0.4, -0.2) is 16.1 Å². The van der Waals surface area contributed by atoms with Crippen molar-refractivity contribution in [2.24, 2.45) is 0 Å². The Labute approximate surface area is 130 Å². The molecule has 0 aliphatic rings. The summed E-state index contributed by atoms with van der Waals surface area (Å²) >= 11 is 7.52. The Morgan fingerprint density at radius 2 is 1.86 bits per heavy atom. The van der Waals surface area contributed by atoms with Crippen molar-refractivity contribution in [2.45, 2.75) is 0 Å². The molecule has 0 aliphatic carbocycles. The highest BCUT2D eigenvalue weighted by Gasteiger charge is 2.08. The fourth-order valence-electron chi connectivity index (χ4n) is 1.94. The Balaban J connectivity index is 1.93. The summed E-state index contributed by atoms with van der Waals surface area (Å²) in [4.78, 5) is 15.4. The maximum absolute atomic E-state index is 10.8. The van der Waals surface area contributed by atoms with Gasteiger partial charge in [0.05, 0.1) is 11.3 Å². The average molecular weight is 316 g/mol. The lowest BCUT2D eigenvalue weighted by Crippen LogP contribution is -1.94. The lowest BCUT2D eigenvalue weighted by molar-refractivity contribution is 0.0697. The van der Waals surface area contributed by atoms with Crippen molar-refractivity contribution in [1.82, 2.24) is 4.98 Å². The maximum Gasteiger partial charge on any atom is 0.335 e. The second kappa shape index (κ2) is 5.68. The van der Waals surface area contributed by atoms with Crippen LogP contribution in [0.15, 0.2) is 53.9 Å². The first-order valence-corrected chi connectivity index (χ1v) is 7.44. The van der Waals surface area contributed by atoms with E-state index in [1.807, 2.05) is 29.6 Å². The van der Waals surface area contributed by atoms with Crippen LogP contribution in [0.2, 0.25) is 5.02 Å². The summed E-state index contributed by atoms with van der Waals surface area (Å²) in [5.41, 5.74) is 2.96. The highest BCUT2D eigenvalue weighted by molar-refractivity contribution is 7.13. The molecule has 1 aromatic heterocycles. The molecule has 0 radical (unpaired) electrons. The molecular weight excluding hydrogens is 306 g/mol. The van der Waals surface area contributed by atoms with E-state index in [-0.39, 0.29) is 5.56 Å². The number of benzene rings is 2. The van der Waals surface area contributed by atoms with Crippen LogP contribution < -0.4 is 0 Å². The summed E-state index contributed by atoms with van der Waals surface area (Å²) in [6, 6.07) is 14.2. The molecule has 0 bridgehead atoms. The summed E-state index contributed by atoms with van der Waals surface area (Å²) in [7, 11) is 0. The Kier molecular flexibility index (Phi) is 3.73. The van der Waals surface area contributed by atoms with Crippen LogP contribution in [0.25, 0.3) is 21.8 Å². The molecule has 0 spiro atoms. The maximum atomic E-state index is 10.8. The molecule has 0 fully saturated rings. The Bertz CT molecular complexity index is 796. The van der Waals surface area contributed by atoms with Gasteiger partial charge in [-0.15, -0.1) is 11.3 Å². The van der Waals surface area contributed by atoms with E-state index < -0.39 is 5.97 Å². The standard InChI is InChI=1S/C16H10ClNO2S/c17-13-3-1-2-12(8-13)15-18-14(9-21-15)10-4-6-11(7-5-10)16(19)20/h1-9H,(H,19,20). The molecule has 1 heterocycles. The van der Waals surface area contributed by atoms with E-state index in [4.69, 9.17) is 16.7 Å². The lowest BCUT2D eigenvalue weighted by Gasteiger charge is -1.99. The summed E-state index contributed by atoms with van der Waals surface area (Å²) in [6.07, 6.45) is 0. The van der Waals surface area contributed by atoms with Crippen LogP contribution in [0.4, 0.5) is 0 Å². The normalized spacial score (nSPS) is 10.5. The molecule has 0 amide bonds. The van der Waals surface area contributed by atoms with Crippen LogP contribution in [0, 0.1) is 0 Å². The number of rotatable bonds is 3. The van der Waals surface area contributed by atoms with Crippen molar-refractivity contribution >= 4 is 28.9 Å². The number of hydrogen-bond acceptors (Lipinski definition) is 3. The average Bonchev–Trinajstić information content (AvgIpc) is 2.97. The third-order valence-electron chi connectivity index (χ3n) is 3.00. The molecule has 3 aromatic rings. The van der Waals surface area contributed by atoms with Gasteiger partial charge in [-0.1, -0.05) is 35.9 Å². The third kappa shape index (κ3) is 2.96. The monoisotopic (exact) mass is 315 g/mol.